The van der Waals surface area contributed by atoms with E-state index in [9.17, 15) is 9.18 Å². The summed E-state index contributed by atoms with van der Waals surface area (Å²) in [4.78, 5) is 16.1. The highest BCUT2D eigenvalue weighted by Crippen LogP contribution is 2.33. The Morgan fingerprint density at radius 1 is 1.11 bits per heavy atom. The number of benzene rings is 2. The molecule has 140 valence electrons. The van der Waals surface area contributed by atoms with Crippen molar-refractivity contribution in [1.29, 1.82) is 0 Å². The van der Waals surface area contributed by atoms with Gasteiger partial charge in [-0.1, -0.05) is 34.8 Å². The van der Waals surface area contributed by atoms with E-state index in [2.05, 4.69) is 15.8 Å². The maximum atomic E-state index is 13.0. The van der Waals surface area contributed by atoms with Gasteiger partial charge in [-0.3, -0.25) is 15.6 Å². The number of aryl methyl sites for hydroxylation is 1. The van der Waals surface area contributed by atoms with Gasteiger partial charge in [0.1, 0.15) is 5.82 Å². The molecule has 2 N–H and O–H groups in total. The molecule has 9 heteroatoms. The predicted octanol–water partition coefficient (Wildman–Crippen LogP) is 5.52. The summed E-state index contributed by atoms with van der Waals surface area (Å²) in [5, 5.41) is 0.955. The van der Waals surface area contributed by atoms with Gasteiger partial charge in [-0.2, -0.15) is 0 Å². The standard InChI is InChI=1S/C18H13Cl3FN3O2/c19-11-7-13(20)18(14(21)8-11)25-24-16(26)5-6-17-23-9-15(27-17)10-1-3-12(22)4-2-10/h1-4,7-9,25H,5-6H2,(H,24,26). The summed E-state index contributed by atoms with van der Waals surface area (Å²) in [6, 6.07) is 8.87. The van der Waals surface area contributed by atoms with Gasteiger partial charge in [0.05, 0.1) is 21.9 Å². The van der Waals surface area contributed by atoms with E-state index < -0.39 is 0 Å². The van der Waals surface area contributed by atoms with Crippen LogP contribution in [0.15, 0.2) is 47.0 Å². The Kier molecular flexibility index (Phi) is 6.21. The molecular weight excluding hydrogens is 416 g/mol. The number of hydrazine groups is 1. The Balaban J connectivity index is 1.53. The van der Waals surface area contributed by atoms with E-state index in [-0.39, 0.29) is 34.6 Å². The van der Waals surface area contributed by atoms with Gasteiger partial charge in [-0.05, 0) is 36.4 Å². The van der Waals surface area contributed by atoms with Gasteiger partial charge < -0.3 is 4.42 Å². The number of carbonyl (C=O) groups excluding carboxylic acids is 1. The van der Waals surface area contributed by atoms with Gasteiger partial charge in [0.2, 0.25) is 5.91 Å². The molecule has 0 fully saturated rings. The van der Waals surface area contributed by atoms with Gasteiger partial charge in [0, 0.05) is 23.4 Å². The third kappa shape index (κ3) is 5.13. The van der Waals surface area contributed by atoms with E-state index >= 15 is 0 Å². The number of oxazole rings is 1. The number of carbonyl (C=O) groups is 1. The van der Waals surface area contributed by atoms with E-state index in [0.29, 0.717) is 27.9 Å². The number of halogens is 4. The van der Waals surface area contributed by atoms with Crippen LogP contribution in [0.2, 0.25) is 15.1 Å². The highest BCUT2D eigenvalue weighted by molar-refractivity contribution is 6.41. The fraction of sp³-hybridized carbons (Fsp3) is 0.111. The highest BCUT2D eigenvalue weighted by Gasteiger charge is 2.11. The quantitative estimate of drug-likeness (QED) is 0.508. The number of rotatable bonds is 6. The second-order valence-electron chi connectivity index (χ2n) is 5.54. The molecule has 27 heavy (non-hydrogen) atoms. The summed E-state index contributed by atoms with van der Waals surface area (Å²) in [6.45, 7) is 0. The molecule has 0 aliphatic heterocycles. The van der Waals surface area contributed by atoms with Crippen molar-refractivity contribution in [3.8, 4) is 11.3 Å². The van der Waals surface area contributed by atoms with Crippen LogP contribution in [0.25, 0.3) is 11.3 Å². The molecule has 0 aliphatic rings. The molecule has 1 amide bonds. The van der Waals surface area contributed by atoms with Crippen LogP contribution in [0.3, 0.4) is 0 Å². The maximum Gasteiger partial charge on any atom is 0.238 e. The van der Waals surface area contributed by atoms with Gasteiger partial charge >= 0.3 is 0 Å². The van der Waals surface area contributed by atoms with E-state index in [1.54, 1.807) is 12.1 Å². The Hall–Kier alpha value is -2.28. The molecule has 0 unspecified atom stereocenters. The Labute approximate surface area is 169 Å². The summed E-state index contributed by atoms with van der Waals surface area (Å²) >= 11 is 17.9. The number of nitrogens with zero attached hydrogens (tertiary/aromatic N) is 1. The molecule has 0 atom stereocenters. The van der Waals surface area contributed by atoms with Crippen LogP contribution in [0.1, 0.15) is 12.3 Å². The third-order valence-electron chi connectivity index (χ3n) is 3.58. The lowest BCUT2D eigenvalue weighted by Gasteiger charge is -2.11. The zero-order chi connectivity index (χ0) is 19.4. The first-order chi connectivity index (χ1) is 12.9. The van der Waals surface area contributed by atoms with E-state index in [0.717, 1.165) is 0 Å². The van der Waals surface area contributed by atoms with Crippen molar-refractivity contribution in [1.82, 2.24) is 10.4 Å². The number of aromatic nitrogens is 1. The zero-order valence-electron chi connectivity index (χ0n) is 13.7. The number of amides is 1. The largest absolute Gasteiger partial charge is 0.441 e. The normalized spacial score (nSPS) is 10.7. The number of hydrogen-bond acceptors (Lipinski definition) is 4. The van der Waals surface area contributed by atoms with Crippen molar-refractivity contribution in [3.63, 3.8) is 0 Å². The number of anilines is 1. The summed E-state index contributed by atoms with van der Waals surface area (Å²) in [6.07, 6.45) is 1.95. The lowest BCUT2D eigenvalue weighted by atomic mass is 10.2. The molecule has 1 aromatic heterocycles. The second kappa shape index (κ2) is 8.61. The molecule has 0 aliphatic carbocycles. The molecule has 3 aromatic rings. The zero-order valence-corrected chi connectivity index (χ0v) is 16.0. The molecule has 0 saturated carbocycles. The Bertz CT molecular complexity index is 938. The number of hydrogen-bond donors (Lipinski definition) is 2. The van der Waals surface area contributed by atoms with Crippen LogP contribution >= 0.6 is 34.8 Å². The van der Waals surface area contributed by atoms with Crippen LogP contribution in [0.4, 0.5) is 10.1 Å². The Morgan fingerprint density at radius 2 is 1.78 bits per heavy atom. The van der Waals surface area contributed by atoms with Gasteiger partial charge in [-0.25, -0.2) is 9.37 Å². The third-order valence-corrected chi connectivity index (χ3v) is 4.40. The van der Waals surface area contributed by atoms with Crippen molar-refractivity contribution in [2.24, 2.45) is 0 Å². The average Bonchev–Trinajstić information content (AvgIpc) is 3.08. The molecule has 1 heterocycles. The van der Waals surface area contributed by atoms with E-state index in [1.807, 2.05) is 0 Å². The summed E-state index contributed by atoms with van der Waals surface area (Å²) in [7, 11) is 0. The molecule has 0 radical (unpaired) electrons. The van der Waals surface area contributed by atoms with E-state index in [1.165, 1.54) is 30.5 Å². The molecule has 3 rings (SSSR count). The van der Waals surface area contributed by atoms with Crippen LogP contribution in [-0.4, -0.2) is 10.9 Å². The first kappa shape index (κ1) is 19.5. The number of nitrogens with one attached hydrogen (secondary N) is 2. The van der Waals surface area contributed by atoms with Gasteiger partial charge in [0.15, 0.2) is 11.7 Å². The van der Waals surface area contributed by atoms with Crippen molar-refractivity contribution in [2.45, 2.75) is 12.8 Å². The van der Waals surface area contributed by atoms with Crippen molar-refractivity contribution < 1.29 is 13.6 Å². The molecule has 0 saturated heterocycles. The monoisotopic (exact) mass is 427 g/mol. The fourth-order valence-corrected chi connectivity index (χ4v) is 3.16. The second-order valence-corrected chi connectivity index (χ2v) is 6.79. The smallest absolute Gasteiger partial charge is 0.238 e. The van der Waals surface area contributed by atoms with Crippen LogP contribution in [-0.2, 0) is 11.2 Å². The van der Waals surface area contributed by atoms with Crippen LogP contribution in [0, 0.1) is 5.82 Å². The topological polar surface area (TPSA) is 67.2 Å². The highest BCUT2D eigenvalue weighted by atomic mass is 35.5. The minimum Gasteiger partial charge on any atom is -0.441 e. The fourth-order valence-electron chi connectivity index (χ4n) is 2.25. The maximum absolute atomic E-state index is 13.0. The molecular formula is C18H13Cl3FN3O2. The van der Waals surface area contributed by atoms with Crippen molar-refractivity contribution in [2.75, 3.05) is 5.43 Å². The molecule has 2 aromatic carbocycles. The lowest BCUT2D eigenvalue weighted by molar-refractivity contribution is -0.120. The minimum absolute atomic E-state index is 0.124. The van der Waals surface area contributed by atoms with E-state index in [4.69, 9.17) is 39.2 Å². The van der Waals surface area contributed by atoms with Crippen molar-refractivity contribution >= 4 is 46.4 Å². The Morgan fingerprint density at radius 3 is 2.44 bits per heavy atom. The lowest BCUT2D eigenvalue weighted by Crippen LogP contribution is -2.29. The molecule has 0 bridgehead atoms. The SMILES string of the molecule is O=C(CCc1ncc(-c2ccc(F)cc2)o1)NNc1c(Cl)cc(Cl)cc1Cl. The average molecular weight is 429 g/mol. The molecule has 0 spiro atoms. The summed E-state index contributed by atoms with van der Waals surface area (Å²) < 4.78 is 18.5. The minimum atomic E-state index is -0.330. The summed E-state index contributed by atoms with van der Waals surface area (Å²) in [5.41, 5.74) is 6.23. The molecule has 5 nitrogen and oxygen atoms in total. The van der Waals surface area contributed by atoms with Gasteiger partial charge in [0.25, 0.3) is 0 Å². The van der Waals surface area contributed by atoms with Gasteiger partial charge in [-0.15, -0.1) is 0 Å². The van der Waals surface area contributed by atoms with Crippen LogP contribution < -0.4 is 10.9 Å². The predicted molar refractivity (Wildman–Crippen MR) is 103 cm³/mol. The first-order valence-electron chi connectivity index (χ1n) is 7.82. The van der Waals surface area contributed by atoms with Crippen LogP contribution in [0.5, 0.6) is 0 Å². The first-order valence-corrected chi connectivity index (χ1v) is 8.96. The van der Waals surface area contributed by atoms with Crippen molar-refractivity contribution in [3.05, 3.63) is 69.4 Å². The summed E-state index contributed by atoms with van der Waals surface area (Å²) in [5.74, 6) is 0.262.